The molecule has 1 heterocycles. The highest BCUT2D eigenvalue weighted by molar-refractivity contribution is 5.48. The second kappa shape index (κ2) is 2.66. The van der Waals surface area contributed by atoms with Crippen LogP contribution in [0.1, 0.15) is 24.5 Å². The van der Waals surface area contributed by atoms with E-state index in [1.807, 2.05) is 12.1 Å². The average Bonchev–Trinajstić information content (AvgIpc) is 2.88. The molecule has 0 atom stereocenters. The van der Waals surface area contributed by atoms with Gasteiger partial charge in [-0.2, -0.15) is 0 Å². The molecule has 0 aliphatic heterocycles. The molecule has 1 aliphatic rings. The number of nitrogens with two attached hydrogens (primary N) is 1. The van der Waals surface area contributed by atoms with Crippen LogP contribution in [0.2, 0.25) is 0 Å². The maximum atomic E-state index is 5.63. The Labute approximate surface area is 71.6 Å². The fourth-order valence-electron chi connectivity index (χ4n) is 1.24. The lowest BCUT2D eigenvalue weighted by molar-refractivity contribution is 0.398. The topological polar surface area (TPSA) is 48.1 Å². The summed E-state index contributed by atoms with van der Waals surface area (Å²) in [4.78, 5) is 4.31. The van der Waals surface area contributed by atoms with Crippen molar-refractivity contribution in [2.45, 2.75) is 18.8 Å². The van der Waals surface area contributed by atoms with E-state index in [9.17, 15) is 0 Å². The molecule has 12 heavy (non-hydrogen) atoms. The van der Waals surface area contributed by atoms with E-state index in [2.05, 4.69) is 4.98 Å². The van der Waals surface area contributed by atoms with Gasteiger partial charge in [0.05, 0.1) is 12.8 Å². The Balaban J connectivity index is 2.33. The van der Waals surface area contributed by atoms with Crippen LogP contribution in [0.15, 0.2) is 12.1 Å². The van der Waals surface area contributed by atoms with Gasteiger partial charge in [0.2, 0.25) is 5.88 Å². The molecule has 0 saturated heterocycles. The van der Waals surface area contributed by atoms with Gasteiger partial charge < -0.3 is 10.5 Å². The van der Waals surface area contributed by atoms with Crippen LogP contribution < -0.4 is 10.5 Å². The number of pyridine rings is 1. The van der Waals surface area contributed by atoms with Crippen molar-refractivity contribution in [2.75, 3.05) is 12.8 Å². The summed E-state index contributed by atoms with van der Waals surface area (Å²) in [6.07, 6.45) is 2.50. The van der Waals surface area contributed by atoms with E-state index in [0.717, 1.165) is 5.69 Å². The third-order valence-corrected chi connectivity index (χ3v) is 2.10. The smallest absolute Gasteiger partial charge is 0.237 e. The van der Waals surface area contributed by atoms with Crippen LogP contribution in [-0.2, 0) is 0 Å². The summed E-state index contributed by atoms with van der Waals surface area (Å²) >= 11 is 0. The third kappa shape index (κ3) is 1.22. The second-order valence-electron chi connectivity index (χ2n) is 3.11. The normalized spacial score (nSPS) is 16.1. The monoisotopic (exact) mass is 164 g/mol. The molecule has 1 fully saturated rings. The van der Waals surface area contributed by atoms with E-state index < -0.39 is 0 Å². The Morgan fingerprint density at radius 2 is 2.25 bits per heavy atom. The molecule has 1 aliphatic carbocycles. The van der Waals surface area contributed by atoms with Gasteiger partial charge in [-0.1, -0.05) is 0 Å². The predicted molar refractivity (Wildman–Crippen MR) is 47.2 cm³/mol. The molecule has 0 spiro atoms. The van der Waals surface area contributed by atoms with Crippen LogP contribution in [-0.4, -0.2) is 12.1 Å². The van der Waals surface area contributed by atoms with E-state index in [0.29, 0.717) is 17.5 Å². The summed E-state index contributed by atoms with van der Waals surface area (Å²) in [5, 5.41) is 0. The minimum Gasteiger partial charge on any atom is -0.480 e. The zero-order valence-corrected chi connectivity index (χ0v) is 7.08. The molecule has 64 valence electrons. The SMILES string of the molecule is COc1nc(C2CC2)ccc1N. The van der Waals surface area contributed by atoms with Gasteiger partial charge in [0.1, 0.15) is 0 Å². The molecular weight excluding hydrogens is 152 g/mol. The maximum Gasteiger partial charge on any atom is 0.237 e. The molecule has 0 amide bonds. The minimum absolute atomic E-state index is 0.555. The Morgan fingerprint density at radius 1 is 1.50 bits per heavy atom. The first kappa shape index (κ1) is 7.40. The molecule has 0 radical (unpaired) electrons. The number of hydrogen-bond acceptors (Lipinski definition) is 3. The second-order valence-corrected chi connectivity index (χ2v) is 3.11. The first-order valence-corrected chi connectivity index (χ1v) is 4.11. The Morgan fingerprint density at radius 3 is 2.83 bits per heavy atom. The zero-order chi connectivity index (χ0) is 8.55. The van der Waals surface area contributed by atoms with Crippen molar-refractivity contribution >= 4 is 5.69 Å². The zero-order valence-electron chi connectivity index (χ0n) is 7.08. The lowest BCUT2D eigenvalue weighted by atomic mass is 10.2. The summed E-state index contributed by atoms with van der Waals surface area (Å²) in [6, 6.07) is 3.84. The Kier molecular flexibility index (Phi) is 1.64. The molecule has 1 aromatic heterocycles. The molecule has 3 nitrogen and oxygen atoms in total. The molecule has 1 aromatic rings. The number of nitrogens with zero attached hydrogens (tertiary/aromatic N) is 1. The van der Waals surface area contributed by atoms with Crippen molar-refractivity contribution in [3.8, 4) is 5.88 Å². The van der Waals surface area contributed by atoms with Crippen molar-refractivity contribution in [2.24, 2.45) is 0 Å². The number of hydrogen-bond donors (Lipinski definition) is 1. The van der Waals surface area contributed by atoms with Gasteiger partial charge >= 0.3 is 0 Å². The average molecular weight is 164 g/mol. The highest BCUT2D eigenvalue weighted by atomic mass is 16.5. The van der Waals surface area contributed by atoms with Gasteiger partial charge in [0.15, 0.2) is 0 Å². The molecule has 0 aromatic carbocycles. The van der Waals surface area contributed by atoms with Crippen molar-refractivity contribution < 1.29 is 4.74 Å². The van der Waals surface area contributed by atoms with Gasteiger partial charge in [0.25, 0.3) is 0 Å². The van der Waals surface area contributed by atoms with Gasteiger partial charge in [-0.3, -0.25) is 0 Å². The fourth-order valence-corrected chi connectivity index (χ4v) is 1.24. The molecule has 2 rings (SSSR count). The quantitative estimate of drug-likeness (QED) is 0.721. The van der Waals surface area contributed by atoms with Crippen molar-refractivity contribution in [1.29, 1.82) is 0 Å². The molecule has 3 heteroatoms. The molecule has 0 bridgehead atoms. The lowest BCUT2D eigenvalue weighted by Crippen LogP contribution is -1.97. The predicted octanol–water partition coefficient (Wildman–Crippen LogP) is 1.55. The van der Waals surface area contributed by atoms with Crippen LogP contribution in [0.25, 0.3) is 0 Å². The number of nitrogen functional groups attached to an aromatic ring is 1. The van der Waals surface area contributed by atoms with Gasteiger partial charge in [0, 0.05) is 11.6 Å². The highest BCUT2D eigenvalue weighted by Gasteiger charge is 2.25. The lowest BCUT2D eigenvalue weighted by Gasteiger charge is -2.04. The largest absolute Gasteiger partial charge is 0.480 e. The number of methoxy groups -OCH3 is 1. The number of rotatable bonds is 2. The van der Waals surface area contributed by atoms with Crippen molar-refractivity contribution in [1.82, 2.24) is 4.98 Å². The van der Waals surface area contributed by atoms with Crippen molar-refractivity contribution in [3.05, 3.63) is 17.8 Å². The minimum atomic E-state index is 0.555. The van der Waals surface area contributed by atoms with Crippen LogP contribution in [0.5, 0.6) is 5.88 Å². The summed E-state index contributed by atoms with van der Waals surface area (Å²) in [7, 11) is 1.59. The Hall–Kier alpha value is -1.25. The van der Waals surface area contributed by atoms with Crippen LogP contribution in [0, 0.1) is 0 Å². The summed E-state index contributed by atoms with van der Waals surface area (Å²) < 4.78 is 5.03. The molecule has 1 saturated carbocycles. The van der Waals surface area contributed by atoms with Crippen LogP contribution >= 0.6 is 0 Å². The maximum absolute atomic E-state index is 5.63. The molecule has 2 N–H and O–H groups in total. The van der Waals surface area contributed by atoms with E-state index in [-0.39, 0.29) is 0 Å². The molecule has 0 unspecified atom stereocenters. The van der Waals surface area contributed by atoms with E-state index in [4.69, 9.17) is 10.5 Å². The van der Waals surface area contributed by atoms with Gasteiger partial charge in [-0.05, 0) is 25.0 Å². The third-order valence-electron chi connectivity index (χ3n) is 2.10. The van der Waals surface area contributed by atoms with E-state index >= 15 is 0 Å². The van der Waals surface area contributed by atoms with Gasteiger partial charge in [-0.15, -0.1) is 0 Å². The van der Waals surface area contributed by atoms with Gasteiger partial charge in [-0.25, -0.2) is 4.98 Å². The first-order valence-electron chi connectivity index (χ1n) is 4.11. The van der Waals surface area contributed by atoms with Crippen molar-refractivity contribution in [3.63, 3.8) is 0 Å². The van der Waals surface area contributed by atoms with Crippen LogP contribution in [0.4, 0.5) is 5.69 Å². The van der Waals surface area contributed by atoms with E-state index in [1.165, 1.54) is 12.8 Å². The molecular formula is C9H12N2O. The summed E-state index contributed by atoms with van der Waals surface area (Å²) in [6.45, 7) is 0. The number of aromatic nitrogens is 1. The van der Waals surface area contributed by atoms with E-state index in [1.54, 1.807) is 7.11 Å². The highest BCUT2D eigenvalue weighted by Crippen LogP contribution is 2.40. The Bertz CT molecular complexity index is 295. The summed E-state index contributed by atoms with van der Waals surface area (Å²) in [5.41, 5.74) is 7.36. The first-order chi connectivity index (χ1) is 5.81. The standard InChI is InChI=1S/C9H12N2O/c1-12-9-7(10)4-5-8(11-9)6-2-3-6/h4-6H,2-3,10H2,1H3. The fraction of sp³-hybridized carbons (Fsp3) is 0.444. The number of anilines is 1. The number of ether oxygens (including phenoxy) is 1. The summed E-state index contributed by atoms with van der Waals surface area (Å²) in [5.74, 6) is 1.21. The van der Waals surface area contributed by atoms with Crippen LogP contribution in [0.3, 0.4) is 0 Å².